The van der Waals surface area contributed by atoms with Gasteiger partial charge in [0.1, 0.15) is 0 Å². The number of amides is 1. The molecule has 428 valence electrons. The lowest BCUT2D eigenvalue weighted by Crippen LogP contribution is -2.45. The van der Waals surface area contributed by atoms with Gasteiger partial charge in [-0.1, -0.05) is 300 Å². The van der Waals surface area contributed by atoms with Gasteiger partial charge < -0.3 is 20.3 Å². The quantitative estimate of drug-likeness (QED) is 0.0320. The highest BCUT2D eigenvalue weighted by atomic mass is 16.5. The molecule has 0 aromatic rings. The summed E-state index contributed by atoms with van der Waals surface area (Å²) in [5, 5.41) is 23.2. The van der Waals surface area contributed by atoms with E-state index < -0.39 is 12.1 Å². The number of hydrogen-bond donors (Lipinski definition) is 3. The molecule has 0 aromatic carbocycles. The lowest BCUT2D eigenvalue weighted by atomic mass is 10.0. The maximum atomic E-state index is 12.5. The van der Waals surface area contributed by atoms with Crippen molar-refractivity contribution in [3.05, 3.63) is 48.6 Å². The van der Waals surface area contributed by atoms with Crippen LogP contribution in [-0.4, -0.2) is 47.4 Å². The van der Waals surface area contributed by atoms with Gasteiger partial charge in [0.15, 0.2) is 0 Å². The molecule has 0 aliphatic carbocycles. The standard InChI is InChI=1S/C67H125NO5/c1-3-5-7-9-11-13-15-17-18-19-20-21-22-24-27-30-33-36-39-43-47-51-55-59-65(70)64(63-69)68-66(71)60-56-52-48-44-40-37-34-31-28-25-23-26-29-32-35-38-42-46-50-54-58-62-73-67(72)61-57-53-49-45-41-16-14-12-10-8-6-4-2/h12,14,38,42,50,54-55,59,64-65,69-70H,3-11,13,15-37,39-41,43-49,51-53,56-58,60-63H2,1-2H3,(H,68,71)/b14-12-,42-38-,54-50-,59-55+. The van der Waals surface area contributed by atoms with Crippen molar-refractivity contribution in [3.8, 4) is 0 Å². The van der Waals surface area contributed by atoms with Crippen LogP contribution in [0.1, 0.15) is 341 Å². The number of nitrogens with one attached hydrogen (secondary N) is 1. The van der Waals surface area contributed by atoms with E-state index in [4.69, 9.17) is 4.74 Å². The highest BCUT2D eigenvalue weighted by Crippen LogP contribution is 2.17. The Bertz CT molecular complexity index is 1230. The van der Waals surface area contributed by atoms with E-state index in [2.05, 4.69) is 55.6 Å². The third-order valence-electron chi connectivity index (χ3n) is 14.8. The summed E-state index contributed by atoms with van der Waals surface area (Å²) in [7, 11) is 0. The van der Waals surface area contributed by atoms with Gasteiger partial charge in [-0.2, -0.15) is 0 Å². The number of aliphatic hydroxyl groups is 2. The number of rotatable bonds is 60. The van der Waals surface area contributed by atoms with Crippen molar-refractivity contribution in [2.75, 3.05) is 13.2 Å². The molecule has 0 spiro atoms. The zero-order valence-corrected chi connectivity index (χ0v) is 48.9. The molecule has 0 aliphatic heterocycles. The third kappa shape index (κ3) is 58.9. The Kier molecular flexibility index (Phi) is 60.5. The molecular weight excluding hydrogens is 899 g/mol. The van der Waals surface area contributed by atoms with Crippen molar-refractivity contribution in [2.24, 2.45) is 0 Å². The van der Waals surface area contributed by atoms with Gasteiger partial charge in [-0.25, -0.2) is 0 Å². The second-order valence-electron chi connectivity index (χ2n) is 22.1. The Morgan fingerprint density at radius 2 is 0.685 bits per heavy atom. The first-order chi connectivity index (χ1) is 36.0. The van der Waals surface area contributed by atoms with Gasteiger partial charge in [0.05, 0.1) is 25.4 Å². The topological polar surface area (TPSA) is 95.9 Å². The molecule has 2 unspecified atom stereocenters. The molecule has 0 rings (SSSR count). The van der Waals surface area contributed by atoms with E-state index in [9.17, 15) is 19.8 Å². The Labute approximate surface area is 455 Å². The summed E-state index contributed by atoms with van der Waals surface area (Å²) in [6, 6.07) is -0.634. The van der Waals surface area contributed by atoms with Crippen LogP contribution in [0.4, 0.5) is 0 Å². The summed E-state index contributed by atoms with van der Waals surface area (Å²) in [5.74, 6) is -0.116. The van der Waals surface area contributed by atoms with Crippen molar-refractivity contribution < 1.29 is 24.5 Å². The third-order valence-corrected chi connectivity index (χ3v) is 14.8. The number of carbonyl (C=O) groups is 2. The minimum Gasteiger partial charge on any atom is -0.465 e. The second-order valence-corrected chi connectivity index (χ2v) is 22.1. The summed E-state index contributed by atoms with van der Waals surface area (Å²) >= 11 is 0. The molecule has 0 aromatic heterocycles. The van der Waals surface area contributed by atoms with Crippen LogP contribution in [0.25, 0.3) is 0 Å². The van der Waals surface area contributed by atoms with Gasteiger partial charge in [0, 0.05) is 12.8 Å². The minimum atomic E-state index is -0.850. The van der Waals surface area contributed by atoms with Crippen molar-refractivity contribution >= 4 is 11.9 Å². The van der Waals surface area contributed by atoms with E-state index in [0.29, 0.717) is 19.4 Å². The summed E-state index contributed by atoms with van der Waals surface area (Å²) < 4.78 is 5.40. The van der Waals surface area contributed by atoms with Crippen LogP contribution in [0.5, 0.6) is 0 Å². The molecule has 73 heavy (non-hydrogen) atoms. The molecule has 0 aliphatic rings. The van der Waals surface area contributed by atoms with Crippen LogP contribution >= 0.6 is 0 Å². The molecule has 1 amide bonds. The van der Waals surface area contributed by atoms with Gasteiger partial charge in [-0.05, 0) is 77.0 Å². The summed E-state index contributed by atoms with van der Waals surface area (Å²) in [5.41, 5.74) is 0. The molecule has 0 fully saturated rings. The van der Waals surface area contributed by atoms with E-state index in [1.54, 1.807) is 6.08 Å². The van der Waals surface area contributed by atoms with Crippen molar-refractivity contribution in [1.82, 2.24) is 5.32 Å². The zero-order valence-electron chi connectivity index (χ0n) is 48.9. The number of allylic oxidation sites excluding steroid dienone is 6. The number of ether oxygens (including phenoxy) is 1. The van der Waals surface area contributed by atoms with Gasteiger partial charge in [0.2, 0.25) is 5.91 Å². The highest BCUT2D eigenvalue weighted by molar-refractivity contribution is 5.76. The van der Waals surface area contributed by atoms with E-state index in [1.807, 2.05) is 6.08 Å². The van der Waals surface area contributed by atoms with Gasteiger partial charge in [0.25, 0.3) is 0 Å². The fourth-order valence-corrected chi connectivity index (χ4v) is 9.88. The molecule has 2 atom stereocenters. The fraction of sp³-hybridized carbons (Fsp3) is 0.851. The van der Waals surface area contributed by atoms with E-state index >= 15 is 0 Å². The van der Waals surface area contributed by atoms with Crippen molar-refractivity contribution in [2.45, 2.75) is 353 Å². The Morgan fingerprint density at radius 3 is 1.08 bits per heavy atom. The monoisotopic (exact) mass is 1020 g/mol. The van der Waals surface area contributed by atoms with Crippen molar-refractivity contribution in [3.63, 3.8) is 0 Å². The number of hydrogen-bond acceptors (Lipinski definition) is 5. The lowest BCUT2D eigenvalue weighted by molar-refractivity contribution is -0.143. The molecule has 0 saturated heterocycles. The summed E-state index contributed by atoms with van der Waals surface area (Å²) in [6.45, 7) is 4.79. The van der Waals surface area contributed by atoms with Crippen LogP contribution in [0.15, 0.2) is 48.6 Å². The van der Waals surface area contributed by atoms with Crippen molar-refractivity contribution in [1.29, 1.82) is 0 Å². The molecular formula is C67H125NO5. The highest BCUT2D eigenvalue weighted by Gasteiger charge is 2.18. The van der Waals surface area contributed by atoms with E-state index in [1.165, 1.54) is 263 Å². The predicted molar refractivity (Wildman–Crippen MR) is 319 cm³/mol. The number of unbranched alkanes of at least 4 members (excludes halogenated alkanes) is 43. The zero-order chi connectivity index (χ0) is 52.9. The maximum Gasteiger partial charge on any atom is 0.305 e. The van der Waals surface area contributed by atoms with Crippen LogP contribution in [0, 0.1) is 0 Å². The smallest absolute Gasteiger partial charge is 0.305 e. The van der Waals surface area contributed by atoms with E-state index in [0.717, 1.165) is 51.4 Å². The second kappa shape index (κ2) is 62.4. The fourth-order valence-electron chi connectivity index (χ4n) is 9.88. The molecule has 6 nitrogen and oxygen atoms in total. The number of aliphatic hydroxyl groups excluding tert-OH is 2. The van der Waals surface area contributed by atoms with Crippen LogP contribution in [0.3, 0.4) is 0 Å². The average molecular weight is 1020 g/mol. The SMILES string of the molecule is CCCCC/C=C\CCCCCCCC(=O)OCC/C=C\C/C=C\CCCCCCCCCCCCCCCCC(=O)NC(CO)C(O)/C=C/CCCCCCCCCCCCCCCCCCCCCCC. The summed E-state index contributed by atoms with van der Waals surface area (Å²) in [6.07, 6.45) is 80.3. The number of esters is 1. The van der Waals surface area contributed by atoms with Crippen LogP contribution in [0.2, 0.25) is 0 Å². The molecule has 6 heteroatoms. The Hall–Kier alpha value is -2.18. The normalized spacial score (nSPS) is 12.9. The first kappa shape index (κ1) is 70.8. The molecule has 0 bridgehead atoms. The average Bonchev–Trinajstić information content (AvgIpc) is 3.39. The Balaban J connectivity index is 3.49. The predicted octanol–water partition coefficient (Wildman–Crippen LogP) is 20.5. The van der Waals surface area contributed by atoms with Gasteiger partial charge in [-0.15, -0.1) is 0 Å². The minimum absolute atomic E-state index is 0.0460. The van der Waals surface area contributed by atoms with Crippen LogP contribution in [-0.2, 0) is 14.3 Å². The largest absolute Gasteiger partial charge is 0.465 e. The van der Waals surface area contributed by atoms with Gasteiger partial charge in [-0.3, -0.25) is 9.59 Å². The number of carbonyl (C=O) groups excluding carboxylic acids is 2. The lowest BCUT2D eigenvalue weighted by Gasteiger charge is -2.20. The molecule has 0 radical (unpaired) electrons. The molecule has 0 saturated carbocycles. The first-order valence-corrected chi connectivity index (χ1v) is 32.4. The van der Waals surface area contributed by atoms with E-state index in [-0.39, 0.29) is 18.5 Å². The van der Waals surface area contributed by atoms with Gasteiger partial charge >= 0.3 is 5.97 Å². The Morgan fingerprint density at radius 1 is 0.384 bits per heavy atom. The molecule has 3 N–H and O–H groups in total. The van der Waals surface area contributed by atoms with Crippen LogP contribution < -0.4 is 5.32 Å². The molecule has 0 heterocycles. The summed E-state index contributed by atoms with van der Waals surface area (Å²) in [4.78, 5) is 24.5. The first-order valence-electron chi connectivity index (χ1n) is 32.4. The maximum absolute atomic E-state index is 12.5.